The van der Waals surface area contributed by atoms with Crippen molar-refractivity contribution < 1.29 is 14.8 Å². The molecule has 1 aromatic rings. The van der Waals surface area contributed by atoms with Crippen LogP contribution in [0.1, 0.15) is 29.6 Å². The summed E-state index contributed by atoms with van der Waals surface area (Å²) in [4.78, 5) is 22.7. The Bertz CT molecular complexity index is 622. The van der Waals surface area contributed by atoms with Gasteiger partial charge in [-0.05, 0) is 37.2 Å². The minimum Gasteiger partial charge on any atom is -0.396 e. The van der Waals surface area contributed by atoms with Gasteiger partial charge in [-0.15, -0.1) is 0 Å². The van der Waals surface area contributed by atoms with Gasteiger partial charge in [0, 0.05) is 30.7 Å². The van der Waals surface area contributed by atoms with Crippen LogP contribution in [0, 0.1) is 27.9 Å². The standard InChI is InChI=1S/C15H17ClN2O4/c16-13-4-3-10(18(21)22)6-11(13)15(20)17-14-9-2-1-8(5-9)12(14)7-19/h3-4,6,8-9,12,14,19H,1-2,5,7H2,(H,17,20). The topological polar surface area (TPSA) is 92.5 Å². The summed E-state index contributed by atoms with van der Waals surface area (Å²) in [6.45, 7) is 0.0504. The number of amides is 1. The molecule has 118 valence electrons. The summed E-state index contributed by atoms with van der Waals surface area (Å²) in [6.07, 6.45) is 3.17. The van der Waals surface area contributed by atoms with Gasteiger partial charge in [0.05, 0.1) is 15.5 Å². The molecule has 2 fully saturated rings. The molecule has 4 unspecified atom stereocenters. The molecule has 6 nitrogen and oxygen atoms in total. The summed E-state index contributed by atoms with van der Waals surface area (Å²) in [6, 6.07) is 3.75. The highest BCUT2D eigenvalue weighted by molar-refractivity contribution is 6.33. The number of hydrogen-bond donors (Lipinski definition) is 2. The highest BCUT2D eigenvalue weighted by atomic mass is 35.5. The second-order valence-corrected chi connectivity index (χ2v) is 6.51. The normalized spacial score (nSPS) is 29.5. The molecular formula is C15H17ClN2O4. The second kappa shape index (κ2) is 5.85. The number of aliphatic hydroxyl groups excluding tert-OH is 1. The lowest BCUT2D eigenvalue weighted by Crippen LogP contribution is -2.45. The van der Waals surface area contributed by atoms with Crippen LogP contribution in [0.15, 0.2) is 18.2 Å². The number of carbonyl (C=O) groups excluding carboxylic acids is 1. The van der Waals surface area contributed by atoms with Gasteiger partial charge in [0.25, 0.3) is 11.6 Å². The van der Waals surface area contributed by atoms with Gasteiger partial charge in [0.15, 0.2) is 0 Å². The van der Waals surface area contributed by atoms with E-state index >= 15 is 0 Å². The molecule has 0 spiro atoms. The van der Waals surface area contributed by atoms with E-state index in [1.54, 1.807) is 0 Å². The Balaban J connectivity index is 1.80. The van der Waals surface area contributed by atoms with Crippen molar-refractivity contribution in [2.24, 2.45) is 17.8 Å². The predicted molar refractivity (Wildman–Crippen MR) is 80.8 cm³/mol. The number of rotatable bonds is 4. The molecule has 7 heteroatoms. The lowest BCUT2D eigenvalue weighted by molar-refractivity contribution is -0.384. The minimum absolute atomic E-state index is 0.0504. The molecule has 0 aliphatic heterocycles. The Morgan fingerprint density at radius 1 is 1.41 bits per heavy atom. The zero-order valence-corrected chi connectivity index (χ0v) is 12.6. The van der Waals surface area contributed by atoms with Crippen molar-refractivity contribution in [1.82, 2.24) is 5.32 Å². The third kappa shape index (κ3) is 2.57. The number of halogens is 1. The van der Waals surface area contributed by atoms with Crippen LogP contribution < -0.4 is 5.32 Å². The van der Waals surface area contributed by atoms with Gasteiger partial charge in [0.2, 0.25) is 0 Å². The average molecular weight is 325 g/mol. The van der Waals surface area contributed by atoms with E-state index < -0.39 is 10.8 Å². The number of nitro groups is 1. The molecule has 3 rings (SSSR count). The van der Waals surface area contributed by atoms with Gasteiger partial charge in [-0.2, -0.15) is 0 Å². The number of nitrogens with one attached hydrogen (secondary N) is 1. The van der Waals surface area contributed by atoms with E-state index in [0.29, 0.717) is 11.8 Å². The van der Waals surface area contributed by atoms with Crippen LogP contribution in [0.25, 0.3) is 0 Å². The van der Waals surface area contributed by atoms with E-state index in [2.05, 4.69) is 5.32 Å². The first-order valence-corrected chi connectivity index (χ1v) is 7.74. The minimum atomic E-state index is -0.554. The van der Waals surface area contributed by atoms with Crippen molar-refractivity contribution in [3.63, 3.8) is 0 Å². The van der Waals surface area contributed by atoms with Crippen molar-refractivity contribution >= 4 is 23.2 Å². The van der Waals surface area contributed by atoms with E-state index in [4.69, 9.17) is 11.6 Å². The average Bonchev–Trinajstić information content (AvgIpc) is 3.08. The smallest absolute Gasteiger partial charge is 0.270 e. The van der Waals surface area contributed by atoms with E-state index in [1.807, 2.05) is 0 Å². The number of nitro benzene ring substituents is 1. The number of aliphatic hydroxyl groups is 1. The molecular weight excluding hydrogens is 308 g/mol. The quantitative estimate of drug-likeness (QED) is 0.657. The number of nitrogens with zero attached hydrogens (tertiary/aromatic N) is 1. The summed E-state index contributed by atoms with van der Waals surface area (Å²) in [5.41, 5.74) is -0.0588. The molecule has 2 aliphatic rings. The molecule has 2 bridgehead atoms. The van der Waals surface area contributed by atoms with Crippen LogP contribution in [0.3, 0.4) is 0 Å². The zero-order valence-electron chi connectivity index (χ0n) is 11.9. The van der Waals surface area contributed by atoms with Gasteiger partial charge in [-0.3, -0.25) is 14.9 Å². The Hall–Kier alpha value is -1.66. The Morgan fingerprint density at radius 3 is 2.82 bits per heavy atom. The number of benzene rings is 1. The monoisotopic (exact) mass is 324 g/mol. The predicted octanol–water partition coefficient (Wildman–Crippen LogP) is 2.39. The van der Waals surface area contributed by atoms with Gasteiger partial charge in [-0.25, -0.2) is 0 Å². The molecule has 0 saturated heterocycles. The van der Waals surface area contributed by atoms with E-state index in [0.717, 1.165) is 19.3 Å². The summed E-state index contributed by atoms with van der Waals surface area (Å²) in [5, 5.41) is 23.5. The Morgan fingerprint density at radius 2 is 2.14 bits per heavy atom. The highest BCUT2D eigenvalue weighted by Gasteiger charge is 2.47. The van der Waals surface area contributed by atoms with Crippen LogP contribution in [0.2, 0.25) is 5.02 Å². The third-order valence-corrected chi connectivity index (χ3v) is 5.33. The lowest BCUT2D eigenvalue weighted by Gasteiger charge is -2.30. The number of non-ortho nitro benzene ring substituents is 1. The third-order valence-electron chi connectivity index (χ3n) is 5.00. The molecule has 0 heterocycles. The second-order valence-electron chi connectivity index (χ2n) is 6.10. The highest BCUT2D eigenvalue weighted by Crippen LogP contribution is 2.48. The van der Waals surface area contributed by atoms with Crippen LogP contribution in [0.4, 0.5) is 5.69 Å². The molecule has 4 atom stereocenters. The molecule has 0 radical (unpaired) electrons. The van der Waals surface area contributed by atoms with Gasteiger partial charge in [0.1, 0.15) is 0 Å². The van der Waals surface area contributed by atoms with Crippen molar-refractivity contribution in [2.75, 3.05) is 6.61 Å². The maximum atomic E-state index is 12.4. The zero-order chi connectivity index (χ0) is 15.9. The van der Waals surface area contributed by atoms with Crippen LogP contribution in [0.5, 0.6) is 0 Å². The first-order chi connectivity index (χ1) is 10.5. The van der Waals surface area contributed by atoms with Crippen molar-refractivity contribution in [3.05, 3.63) is 38.9 Å². The maximum Gasteiger partial charge on any atom is 0.270 e. The van der Waals surface area contributed by atoms with Crippen molar-refractivity contribution in [2.45, 2.75) is 25.3 Å². The van der Waals surface area contributed by atoms with E-state index in [9.17, 15) is 20.0 Å². The lowest BCUT2D eigenvalue weighted by atomic mass is 9.85. The van der Waals surface area contributed by atoms with Crippen LogP contribution in [-0.2, 0) is 0 Å². The molecule has 1 amide bonds. The fourth-order valence-electron chi connectivity index (χ4n) is 3.93. The van der Waals surface area contributed by atoms with Gasteiger partial charge >= 0.3 is 0 Å². The summed E-state index contributed by atoms with van der Waals surface area (Å²) in [7, 11) is 0. The first-order valence-electron chi connectivity index (χ1n) is 7.37. The summed E-state index contributed by atoms with van der Waals surface area (Å²) >= 11 is 6.00. The fourth-order valence-corrected chi connectivity index (χ4v) is 4.13. The van der Waals surface area contributed by atoms with Crippen molar-refractivity contribution in [3.8, 4) is 0 Å². The molecule has 22 heavy (non-hydrogen) atoms. The van der Waals surface area contributed by atoms with E-state index in [-0.39, 0.29) is 34.8 Å². The number of carbonyl (C=O) groups is 1. The van der Waals surface area contributed by atoms with Crippen LogP contribution in [-0.4, -0.2) is 28.6 Å². The largest absolute Gasteiger partial charge is 0.396 e. The molecule has 1 aromatic carbocycles. The van der Waals surface area contributed by atoms with Gasteiger partial charge < -0.3 is 10.4 Å². The maximum absolute atomic E-state index is 12.4. The Labute approximate surface area is 132 Å². The van der Waals surface area contributed by atoms with Crippen molar-refractivity contribution in [1.29, 1.82) is 0 Å². The number of hydrogen-bond acceptors (Lipinski definition) is 4. The molecule has 0 aromatic heterocycles. The molecule has 2 saturated carbocycles. The SMILES string of the molecule is O=C(NC1C2CCC(C2)C1CO)c1cc([N+](=O)[O-])ccc1Cl. The molecule has 2 N–H and O–H groups in total. The van der Waals surface area contributed by atoms with Crippen LogP contribution >= 0.6 is 11.6 Å². The summed E-state index contributed by atoms with van der Waals surface area (Å²) < 4.78 is 0. The Kier molecular flexibility index (Phi) is 4.06. The number of fused-ring (bicyclic) bond motifs is 2. The fraction of sp³-hybridized carbons (Fsp3) is 0.533. The first kappa shape index (κ1) is 15.2. The summed E-state index contributed by atoms with van der Waals surface area (Å²) in [5.74, 6) is 0.495. The molecule has 2 aliphatic carbocycles. The van der Waals surface area contributed by atoms with E-state index in [1.165, 1.54) is 18.2 Å². The van der Waals surface area contributed by atoms with Gasteiger partial charge in [-0.1, -0.05) is 11.6 Å².